The van der Waals surface area contributed by atoms with Crippen LogP contribution in [0, 0.1) is 11.8 Å². The summed E-state index contributed by atoms with van der Waals surface area (Å²) in [6.07, 6.45) is 2.10. The fourth-order valence-electron chi connectivity index (χ4n) is 2.20. The number of hydrogen-bond donors (Lipinski definition) is 2. The number of amides is 1. The van der Waals surface area contributed by atoms with Crippen molar-refractivity contribution in [1.82, 2.24) is 4.57 Å². The highest BCUT2D eigenvalue weighted by atomic mass is 16.1. The van der Waals surface area contributed by atoms with Crippen LogP contribution in [0.2, 0.25) is 0 Å². The lowest BCUT2D eigenvalue weighted by Crippen LogP contribution is -2.26. The Labute approximate surface area is 120 Å². The standard InChI is InChI=1S/C16H23N3O/c1-11(2)10-19-7-6-13-8-14(4-5-15(13)19)18-16(20)12(3)9-17/h4-8,11-12H,9-10,17H2,1-3H3,(H,18,20). The molecule has 0 saturated carbocycles. The summed E-state index contributed by atoms with van der Waals surface area (Å²) < 4.78 is 2.24. The van der Waals surface area contributed by atoms with Crippen molar-refractivity contribution in [2.75, 3.05) is 11.9 Å². The van der Waals surface area contributed by atoms with Gasteiger partial charge in [0.05, 0.1) is 0 Å². The van der Waals surface area contributed by atoms with Crippen molar-refractivity contribution in [2.24, 2.45) is 17.6 Å². The number of hydrogen-bond acceptors (Lipinski definition) is 2. The van der Waals surface area contributed by atoms with E-state index in [9.17, 15) is 4.79 Å². The number of nitrogens with zero attached hydrogens (tertiary/aromatic N) is 1. The van der Waals surface area contributed by atoms with E-state index in [0.29, 0.717) is 12.5 Å². The molecule has 1 atom stereocenters. The number of benzene rings is 1. The number of carbonyl (C=O) groups is 1. The van der Waals surface area contributed by atoms with Gasteiger partial charge in [0.2, 0.25) is 5.91 Å². The van der Waals surface area contributed by atoms with E-state index < -0.39 is 0 Å². The predicted octanol–water partition coefficient (Wildman–Crippen LogP) is 2.83. The van der Waals surface area contributed by atoms with Gasteiger partial charge in [0, 0.05) is 41.8 Å². The first-order valence-corrected chi connectivity index (χ1v) is 7.11. The van der Waals surface area contributed by atoms with Crippen molar-refractivity contribution in [3.8, 4) is 0 Å². The molecule has 108 valence electrons. The Morgan fingerprint density at radius 1 is 1.30 bits per heavy atom. The zero-order valence-corrected chi connectivity index (χ0v) is 12.4. The first-order valence-electron chi connectivity index (χ1n) is 7.11. The summed E-state index contributed by atoms with van der Waals surface area (Å²) in [6, 6.07) is 8.09. The van der Waals surface area contributed by atoms with Gasteiger partial charge in [-0.15, -0.1) is 0 Å². The van der Waals surface area contributed by atoms with Gasteiger partial charge in [-0.2, -0.15) is 0 Å². The molecule has 3 N–H and O–H groups in total. The van der Waals surface area contributed by atoms with Crippen LogP contribution < -0.4 is 11.1 Å². The third-order valence-corrected chi connectivity index (χ3v) is 3.40. The normalized spacial score (nSPS) is 12.8. The third kappa shape index (κ3) is 3.20. The van der Waals surface area contributed by atoms with Gasteiger partial charge in [0.15, 0.2) is 0 Å². The van der Waals surface area contributed by atoms with Gasteiger partial charge in [0.25, 0.3) is 0 Å². The van der Waals surface area contributed by atoms with Crippen LogP contribution in [-0.4, -0.2) is 17.0 Å². The molecular weight excluding hydrogens is 250 g/mol. The Morgan fingerprint density at radius 3 is 2.70 bits per heavy atom. The van der Waals surface area contributed by atoms with Crippen LogP contribution in [-0.2, 0) is 11.3 Å². The van der Waals surface area contributed by atoms with Gasteiger partial charge in [-0.1, -0.05) is 20.8 Å². The summed E-state index contributed by atoms with van der Waals surface area (Å²) >= 11 is 0. The number of rotatable bonds is 5. The van der Waals surface area contributed by atoms with Gasteiger partial charge in [0.1, 0.15) is 0 Å². The monoisotopic (exact) mass is 273 g/mol. The molecule has 4 heteroatoms. The zero-order chi connectivity index (χ0) is 14.7. The maximum atomic E-state index is 11.8. The van der Waals surface area contributed by atoms with E-state index >= 15 is 0 Å². The predicted molar refractivity (Wildman–Crippen MR) is 83.6 cm³/mol. The molecule has 0 fully saturated rings. The Hall–Kier alpha value is -1.81. The Kier molecular flexibility index (Phi) is 4.45. The molecule has 0 aliphatic heterocycles. The van der Waals surface area contributed by atoms with E-state index in [2.05, 4.69) is 42.1 Å². The number of aromatic nitrogens is 1. The first kappa shape index (κ1) is 14.6. The Balaban J connectivity index is 2.20. The first-order chi connectivity index (χ1) is 9.51. The quantitative estimate of drug-likeness (QED) is 0.880. The van der Waals surface area contributed by atoms with E-state index in [1.165, 1.54) is 5.52 Å². The minimum Gasteiger partial charge on any atom is -0.347 e. The fourth-order valence-corrected chi connectivity index (χ4v) is 2.20. The topological polar surface area (TPSA) is 60.0 Å². The average Bonchev–Trinajstić information content (AvgIpc) is 2.79. The maximum Gasteiger partial charge on any atom is 0.228 e. The molecule has 1 aromatic heterocycles. The molecule has 1 aromatic carbocycles. The summed E-state index contributed by atoms with van der Waals surface area (Å²) in [7, 11) is 0. The smallest absolute Gasteiger partial charge is 0.228 e. The highest BCUT2D eigenvalue weighted by molar-refractivity contribution is 5.95. The van der Waals surface area contributed by atoms with E-state index in [1.807, 2.05) is 19.1 Å². The molecular formula is C16H23N3O. The molecule has 0 radical (unpaired) electrons. The summed E-state index contributed by atoms with van der Waals surface area (Å²) in [5.41, 5.74) is 7.52. The highest BCUT2D eigenvalue weighted by Gasteiger charge is 2.11. The van der Waals surface area contributed by atoms with Crippen molar-refractivity contribution in [3.63, 3.8) is 0 Å². The van der Waals surface area contributed by atoms with Crippen molar-refractivity contribution in [2.45, 2.75) is 27.3 Å². The van der Waals surface area contributed by atoms with E-state index in [-0.39, 0.29) is 11.8 Å². The van der Waals surface area contributed by atoms with Crippen LogP contribution >= 0.6 is 0 Å². The van der Waals surface area contributed by atoms with Crippen LogP contribution in [0.4, 0.5) is 5.69 Å². The third-order valence-electron chi connectivity index (χ3n) is 3.40. The minimum atomic E-state index is -0.170. The SMILES string of the molecule is CC(C)Cn1ccc2cc(NC(=O)C(C)CN)ccc21. The van der Waals surface area contributed by atoms with E-state index in [0.717, 1.165) is 17.6 Å². The Morgan fingerprint density at radius 2 is 2.05 bits per heavy atom. The molecule has 2 aromatic rings. The van der Waals surface area contributed by atoms with Crippen LogP contribution in [0.25, 0.3) is 10.9 Å². The van der Waals surface area contributed by atoms with Crippen LogP contribution in [0.1, 0.15) is 20.8 Å². The number of anilines is 1. The van der Waals surface area contributed by atoms with Gasteiger partial charge in [-0.25, -0.2) is 0 Å². The van der Waals surface area contributed by atoms with Crippen molar-refractivity contribution in [1.29, 1.82) is 0 Å². The van der Waals surface area contributed by atoms with E-state index in [4.69, 9.17) is 5.73 Å². The molecule has 4 nitrogen and oxygen atoms in total. The summed E-state index contributed by atoms with van der Waals surface area (Å²) in [5, 5.41) is 4.05. The molecule has 1 unspecified atom stereocenters. The summed E-state index contributed by atoms with van der Waals surface area (Å²) in [5.74, 6) is 0.403. The molecule has 0 aliphatic carbocycles. The number of nitrogens with two attached hydrogens (primary N) is 1. The molecule has 1 amide bonds. The largest absolute Gasteiger partial charge is 0.347 e. The summed E-state index contributed by atoms with van der Waals surface area (Å²) in [6.45, 7) is 7.59. The zero-order valence-electron chi connectivity index (χ0n) is 12.4. The minimum absolute atomic E-state index is 0.0338. The Bertz CT molecular complexity index is 601. The fraction of sp³-hybridized carbons (Fsp3) is 0.438. The second-order valence-corrected chi connectivity index (χ2v) is 5.76. The highest BCUT2D eigenvalue weighted by Crippen LogP contribution is 2.21. The molecule has 20 heavy (non-hydrogen) atoms. The van der Waals surface area contributed by atoms with Gasteiger partial charge < -0.3 is 15.6 Å². The molecule has 2 rings (SSSR count). The lowest BCUT2D eigenvalue weighted by molar-refractivity contribution is -0.119. The van der Waals surface area contributed by atoms with Crippen LogP contribution in [0.3, 0.4) is 0 Å². The second kappa shape index (κ2) is 6.09. The second-order valence-electron chi connectivity index (χ2n) is 5.76. The van der Waals surface area contributed by atoms with Crippen LogP contribution in [0.5, 0.6) is 0 Å². The molecule has 0 bridgehead atoms. The number of nitrogens with one attached hydrogen (secondary N) is 1. The number of carbonyl (C=O) groups excluding carboxylic acids is 1. The van der Waals surface area contributed by atoms with Crippen molar-refractivity contribution >= 4 is 22.5 Å². The van der Waals surface area contributed by atoms with Crippen molar-refractivity contribution < 1.29 is 4.79 Å². The summed E-state index contributed by atoms with van der Waals surface area (Å²) in [4.78, 5) is 11.8. The maximum absolute atomic E-state index is 11.8. The molecule has 0 aliphatic rings. The van der Waals surface area contributed by atoms with Gasteiger partial charge >= 0.3 is 0 Å². The molecule has 0 spiro atoms. The van der Waals surface area contributed by atoms with Gasteiger partial charge in [-0.05, 0) is 30.2 Å². The molecule has 0 saturated heterocycles. The average molecular weight is 273 g/mol. The van der Waals surface area contributed by atoms with Gasteiger partial charge in [-0.3, -0.25) is 4.79 Å². The lowest BCUT2D eigenvalue weighted by Gasteiger charge is -2.11. The van der Waals surface area contributed by atoms with Crippen LogP contribution in [0.15, 0.2) is 30.5 Å². The van der Waals surface area contributed by atoms with Crippen molar-refractivity contribution in [3.05, 3.63) is 30.5 Å². The molecule has 1 heterocycles. The number of fused-ring (bicyclic) bond motifs is 1. The lowest BCUT2D eigenvalue weighted by atomic mass is 10.1. The van der Waals surface area contributed by atoms with E-state index in [1.54, 1.807) is 0 Å².